The van der Waals surface area contributed by atoms with E-state index < -0.39 is 24.4 Å². The monoisotopic (exact) mass is 605 g/mol. The summed E-state index contributed by atoms with van der Waals surface area (Å²) in [6.07, 6.45) is -2.01. The van der Waals surface area contributed by atoms with Crippen LogP contribution >= 0.6 is 0 Å². The zero-order valence-corrected chi connectivity index (χ0v) is 25.7. The summed E-state index contributed by atoms with van der Waals surface area (Å²) in [5.41, 5.74) is 3.84. The van der Waals surface area contributed by atoms with Crippen molar-refractivity contribution in [3.63, 3.8) is 0 Å². The normalized spacial score (nSPS) is 21.3. The average molecular weight is 606 g/mol. The number of benzene rings is 3. The highest BCUT2D eigenvalue weighted by Crippen LogP contribution is 2.42. The fourth-order valence-electron chi connectivity index (χ4n) is 5.25. The second-order valence-electron chi connectivity index (χ2n) is 11.1. The van der Waals surface area contributed by atoms with Gasteiger partial charge in [-0.2, -0.15) is 0 Å². The number of urea groups is 1. The van der Waals surface area contributed by atoms with Crippen LogP contribution in [0.4, 0.5) is 10.5 Å². The van der Waals surface area contributed by atoms with E-state index in [4.69, 9.17) is 14.2 Å². The lowest BCUT2D eigenvalue weighted by Gasteiger charge is -2.43. The van der Waals surface area contributed by atoms with Crippen molar-refractivity contribution < 1.29 is 34.0 Å². The predicted octanol–water partition coefficient (Wildman–Crippen LogP) is 4.71. The average Bonchev–Trinajstić information content (AvgIpc) is 3.04. The topological polar surface area (TPSA) is 130 Å². The second kappa shape index (κ2) is 15.8. The van der Waals surface area contributed by atoms with Crippen molar-refractivity contribution in [3.8, 4) is 0 Å². The molecule has 6 atom stereocenters. The van der Waals surface area contributed by atoms with Gasteiger partial charge >= 0.3 is 12.0 Å². The number of nitrogens with zero attached hydrogens (tertiary/aromatic N) is 1. The molecule has 10 heteroatoms. The van der Waals surface area contributed by atoms with E-state index in [1.54, 1.807) is 25.1 Å². The largest absolute Gasteiger partial charge is 0.465 e. The van der Waals surface area contributed by atoms with E-state index in [-0.39, 0.29) is 43.9 Å². The minimum atomic E-state index is -0.745. The number of amides is 2. The molecule has 1 aliphatic rings. The lowest BCUT2D eigenvalue weighted by Crippen LogP contribution is -2.46. The SMILES string of the molecule is CCOC(=O)CNC(=O)Nc1cccc([C@H]2O[C@@H](CN(C)[C@@H](C)[C@H](O)c3ccccc3)[C@@H](C)[C@@H](c3ccc(CO)cc3)O2)c1. The van der Waals surface area contributed by atoms with Gasteiger partial charge < -0.3 is 35.1 Å². The molecule has 3 aromatic rings. The quantitative estimate of drug-likeness (QED) is 0.219. The van der Waals surface area contributed by atoms with E-state index in [9.17, 15) is 19.8 Å². The molecule has 3 aromatic carbocycles. The van der Waals surface area contributed by atoms with Crippen LogP contribution in [0, 0.1) is 5.92 Å². The van der Waals surface area contributed by atoms with Gasteiger partial charge in [-0.15, -0.1) is 0 Å². The van der Waals surface area contributed by atoms with Gasteiger partial charge in [0.15, 0.2) is 6.29 Å². The lowest BCUT2D eigenvalue weighted by atomic mass is 9.89. The Morgan fingerprint density at radius 3 is 2.41 bits per heavy atom. The summed E-state index contributed by atoms with van der Waals surface area (Å²) in [6.45, 7) is 6.26. The van der Waals surface area contributed by atoms with Crippen LogP contribution in [-0.4, -0.2) is 66.0 Å². The summed E-state index contributed by atoms with van der Waals surface area (Å²) in [4.78, 5) is 26.1. The molecule has 0 aliphatic carbocycles. The number of hydrogen-bond acceptors (Lipinski definition) is 8. The van der Waals surface area contributed by atoms with Gasteiger partial charge in [0.05, 0.1) is 31.5 Å². The minimum Gasteiger partial charge on any atom is -0.465 e. The third-order valence-electron chi connectivity index (χ3n) is 8.00. The third-order valence-corrected chi connectivity index (χ3v) is 8.00. The lowest BCUT2D eigenvalue weighted by molar-refractivity contribution is -0.276. The number of likely N-dealkylation sites (N-methyl/N-ethyl adjacent to an activating group) is 1. The molecule has 0 bridgehead atoms. The Morgan fingerprint density at radius 2 is 1.73 bits per heavy atom. The number of ether oxygens (including phenoxy) is 3. The summed E-state index contributed by atoms with van der Waals surface area (Å²) in [5, 5.41) is 25.8. The summed E-state index contributed by atoms with van der Waals surface area (Å²) >= 11 is 0. The van der Waals surface area contributed by atoms with Crippen molar-refractivity contribution in [2.75, 3.05) is 32.1 Å². The molecule has 1 aliphatic heterocycles. The number of hydrogen-bond donors (Lipinski definition) is 4. The van der Waals surface area contributed by atoms with Crippen LogP contribution in [0.15, 0.2) is 78.9 Å². The number of aliphatic hydroxyl groups excluding tert-OH is 2. The molecule has 1 heterocycles. The number of nitrogens with one attached hydrogen (secondary N) is 2. The Kier molecular flexibility index (Phi) is 11.9. The van der Waals surface area contributed by atoms with Crippen LogP contribution in [0.5, 0.6) is 0 Å². The van der Waals surface area contributed by atoms with Crippen molar-refractivity contribution in [2.45, 2.75) is 58.0 Å². The van der Waals surface area contributed by atoms with Crippen molar-refractivity contribution in [2.24, 2.45) is 5.92 Å². The molecule has 0 aromatic heterocycles. The molecule has 0 spiro atoms. The van der Waals surface area contributed by atoms with Crippen LogP contribution in [-0.2, 0) is 25.6 Å². The van der Waals surface area contributed by atoms with Gasteiger partial charge in [0.25, 0.3) is 0 Å². The zero-order chi connectivity index (χ0) is 31.6. The molecule has 236 valence electrons. The fourth-order valence-corrected chi connectivity index (χ4v) is 5.25. The Labute approximate surface area is 258 Å². The molecule has 4 rings (SSSR count). The summed E-state index contributed by atoms with van der Waals surface area (Å²) in [7, 11) is 1.97. The van der Waals surface area contributed by atoms with Crippen molar-refractivity contribution >= 4 is 17.7 Å². The Hall–Kier alpha value is -3.80. The first-order valence-corrected chi connectivity index (χ1v) is 14.9. The Morgan fingerprint density at radius 1 is 1.00 bits per heavy atom. The minimum absolute atomic E-state index is 0.0463. The molecule has 10 nitrogen and oxygen atoms in total. The molecular weight excluding hydrogens is 562 g/mol. The molecule has 1 fully saturated rings. The van der Waals surface area contributed by atoms with Crippen LogP contribution in [0.25, 0.3) is 0 Å². The molecule has 2 amide bonds. The summed E-state index contributed by atoms with van der Waals surface area (Å²) in [6, 6.07) is 23.7. The highest BCUT2D eigenvalue weighted by molar-refractivity contribution is 5.91. The van der Waals surface area contributed by atoms with E-state index >= 15 is 0 Å². The Bertz CT molecular complexity index is 1350. The first kappa shape index (κ1) is 33.1. The van der Waals surface area contributed by atoms with Crippen LogP contribution in [0.3, 0.4) is 0 Å². The van der Waals surface area contributed by atoms with Crippen LogP contribution < -0.4 is 10.6 Å². The maximum Gasteiger partial charge on any atom is 0.325 e. The number of carbonyl (C=O) groups excluding carboxylic acids is 2. The van der Waals surface area contributed by atoms with Gasteiger partial charge in [0.1, 0.15) is 6.54 Å². The number of aliphatic hydroxyl groups is 2. The van der Waals surface area contributed by atoms with Crippen molar-refractivity contribution in [3.05, 3.63) is 101 Å². The van der Waals surface area contributed by atoms with Gasteiger partial charge in [0.2, 0.25) is 0 Å². The summed E-state index contributed by atoms with van der Waals surface area (Å²) in [5.74, 6) is -0.570. The zero-order valence-electron chi connectivity index (χ0n) is 25.7. The van der Waals surface area contributed by atoms with Gasteiger partial charge in [0, 0.05) is 29.8 Å². The molecule has 1 saturated heterocycles. The summed E-state index contributed by atoms with van der Waals surface area (Å²) < 4.78 is 18.0. The van der Waals surface area contributed by atoms with E-state index in [0.717, 1.165) is 16.7 Å². The van der Waals surface area contributed by atoms with Crippen LogP contribution in [0.2, 0.25) is 0 Å². The fraction of sp³-hybridized carbons (Fsp3) is 0.412. The van der Waals surface area contributed by atoms with Crippen LogP contribution in [0.1, 0.15) is 61.5 Å². The van der Waals surface area contributed by atoms with Gasteiger partial charge in [-0.3, -0.25) is 9.69 Å². The Balaban J connectivity index is 1.53. The maximum atomic E-state index is 12.4. The molecular formula is C34H43N3O7. The smallest absolute Gasteiger partial charge is 0.325 e. The molecule has 0 unspecified atom stereocenters. The van der Waals surface area contributed by atoms with Crippen molar-refractivity contribution in [1.29, 1.82) is 0 Å². The van der Waals surface area contributed by atoms with E-state index in [2.05, 4.69) is 22.5 Å². The molecule has 0 radical (unpaired) electrons. The van der Waals surface area contributed by atoms with Gasteiger partial charge in [-0.25, -0.2) is 4.79 Å². The van der Waals surface area contributed by atoms with Gasteiger partial charge in [-0.05, 0) is 49.7 Å². The van der Waals surface area contributed by atoms with E-state index in [1.165, 1.54) is 0 Å². The third kappa shape index (κ3) is 8.64. The second-order valence-corrected chi connectivity index (χ2v) is 11.1. The van der Waals surface area contributed by atoms with E-state index in [1.807, 2.05) is 74.6 Å². The number of carbonyl (C=O) groups is 2. The maximum absolute atomic E-state index is 12.4. The van der Waals surface area contributed by atoms with Crippen molar-refractivity contribution in [1.82, 2.24) is 10.2 Å². The number of anilines is 1. The standard InChI is InChI=1S/C34H43N3O7/c1-5-42-30(39)19-35-34(41)36-28-13-9-12-27(18-28)33-43-29(20-37(4)23(3)31(40)25-10-7-6-8-11-25)22(2)32(44-33)26-16-14-24(21-38)15-17-26/h6-18,22-23,29,31-33,38,40H,5,19-21H2,1-4H3,(H2,35,36,41)/t22-,23+,29+,31+,32+,33+/m1/s1. The number of rotatable bonds is 12. The van der Waals surface area contributed by atoms with Gasteiger partial charge in [-0.1, -0.05) is 73.7 Å². The predicted molar refractivity (Wildman–Crippen MR) is 167 cm³/mol. The van der Waals surface area contributed by atoms with E-state index in [0.29, 0.717) is 17.8 Å². The molecule has 44 heavy (non-hydrogen) atoms. The molecule has 4 N–H and O–H groups in total. The first-order valence-electron chi connectivity index (χ1n) is 14.9. The number of esters is 1. The highest BCUT2D eigenvalue weighted by Gasteiger charge is 2.39. The highest BCUT2D eigenvalue weighted by atomic mass is 16.7. The first-order chi connectivity index (χ1) is 21.2. The molecule has 0 saturated carbocycles.